The molecule has 0 aliphatic carbocycles. The van der Waals surface area contributed by atoms with Crippen molar-refractivity contribution in [2.75, 3.05) is 26.2 Å². The van der Waals surface area contributed by atoms with Crippen LogP contribution >= 0.6 is 0 Å². The van der Waals surface area contributed by atoms with Gasteiger partial charge >= 0.3 is 0 Å². The van der Waals surface area contributed by atoms with Crippen LogP contribution in [0, 0.1) is 12.3 Å². The summed E-state index contributed by atoms with van der Waals surface area (Å²) in [5.41, 5.74) is 3.98. The van der Waals surface area contributed by atoms with Gasteiger partial charge in [0.05, 0.1) is 17.0 Å². The predicted molar refractivity (Wildman–Crippen MR) is 99.5 cm³/mol. The lowest BCUT2D eigenvalue weighted by Crippen LogP contribution is -2.44. The van der Waals surface area contributed by atoms with Crippen LogP contribution < -0.4 is 5.32 Å². The standard InChI is InChI=1S/C21H25N3O/c1-16-18(7-8-19(23-16)17-5-3-2-4-6-17)20(25)24-13-10-21(11-14-24)9-12-22-15-21/h2-8,22H,9-15H2,1H3. The van der Waals surface area contributed by atoms with Crippen LogP contribution in [0.5, 0.6) is 0 Å². The number of carbonyl (C=O) groups is 1. The van der Waals surface area contributed by atoms with Gasteiger partial charge in [-0.15, -0.1) is 0 Å². The number of nitrogens with zero attached hydrogens (tertiary/aromatic N) is 2. The minimum Gasteiger partial charge on any atom is -0.339 e. The average Bonchev–Trinajstić information content (AvgIpc) is 3.10. The summed E-state index contributed by atoms with van der Waals surface area (Å²) in [5, 5.41) is 3.48. The van der Waals surface area contributed by atoms with Gasteiger partial charge < -0.3 is 10.2 Å². The first-order valence-corrected chi connectivity index (χ1v) is 9.20. The van der Waals surface area contributed by atoms with E-state index in [1.807, 2.05) is 54.3 Å². The van der Waals surface area contributed by atoms with E-state index in [1.165, 1.54) is 6.42 Å². The lowest BCUT2D eigenvalue weighted by Gasteiger charge is -2.39. The van der Waals surface area contributed by atoms with Gasteiger partial charge in [-0.3, -0.25) is 9.78 Å². The van der Waals surface area contributed by atoms with E-state index in [-0.39, 0.29) is 5.91 Å². The van der Waals surface area contributed by atoms with E-state index in [4.69, 9.17) is 0 Å². The first kappa shape index (κ1) is 16.3. The molecule has 2 saturated heterocycles. The molecule has 2 aromatic rings. The summed E-state index contributed by atoms with van der Waals surface area (Å²) in [6, 6.07) is 14.0. The monoisotopic (exact) mass is 335 g/mol. The molecule has 1 amide bonds. The molecule has 2 aliphatic heterocycles. The number of pyridine rings is 1. The molecule has 4 nitrogen and oxygen atoms in total. The summed E-state index contributed by atoms with van der Waals surface area (Å²) in [5.74, 6) is 0.130. The third-order valence-electron chi connectivity index (χ3n) is 5.83. The van der Waals surface area contributed by atoms with Crippen LogP contribution in [-0.4, -0.2) is 42.0 Å². The fraction of sp³-hybridized carbons (Fsp3) is 0.429. The van der Waals surface area contributed by atoms with E-state index in [2.05, 4.69) is 10.3 Å². The fourth-order valence-corrected chi connectivity index (χ4v) is 4.13. The van der Waals surface area contributed by atoms with E-state index in [0.717, 1.165) is 61.5 Å². The highest BCUT2D eigenvalue weighted by atomic mass is 16.2. The Bertz CT molecular complexity index is 756. The number of amides is 1. The summed E-state index contributed by atoms with van der Waals surface area (Å²) in [6.07, 6.45) is 3.47. The van der Waals surface area contributed by atoms with Gasteiger partial charge in [0, 0.05) is 25.2 Å². The van der Waals surface area contributed by atoms with Gasteiger partial charge in [0.25, 0.3) is 5.91 Å². The lowest BCUT2D eigenvalue weighted by molar-refractivity contribution is 0.0606. The van der Waals surface area contributed by atoms with Gasteiger partial charge in [-0.2, -0.15) is 0 Å². The maximum absolute atomic E-state index is 12.9. The van der Waals surface area contributed by atoms with Crippen LogP contribution in [0.25, 0.3) is 11.3 Å². The number of aromatic nitrogens is 1. The first-order chi connectivity index (χ1) is 12.2. The zero-order chi connectivity index (χ0) is 17.3. The average molecular weight is 335 g/mol. The molecular formula is C21H25N3O. The van der Waals surface area contributed by atoms with Crippen molar-refractivity contribution in [1.82, 2.24) is 15.2 Å². The number of carbonyl (C=O) groups excluding carboxylic acids is 1. The number of piperidine rings is 1. The molecule has 4 rings (SSSR count). The largest absolute Gasteiger partial charge is 0.339 e. The third-order valence-corrected chi connectivity index (χ3v) is 5.83. The van der Waals surface area contributed by atoms with Crippen LogP contribution in [0.1, 0.15) is 35.3 Å². The molecule has 2 aliphatic rings. The van der Waals surface area contributed by atoms with E-state index < -0.39 is 0 Å². The van der Waals surface area contributed by atoms with Crippen LogP contribution in [0.4, 0.5) is 0 Å². The van der Waals surface area contributed by atoms with Crippen LogP contribution in [0.2, 0.25) is 0 Å². The molecule has 4 heteroatoms. The molecule has 0 radical (unpaired) electrons. The van der Waals surface area contributed by atoms with Crippen molar-refractivity contribution in [2.24, 2.45) is 5.41 Å². The topological polar surface area (TPSA) is 45.2 Å². The molecule has 3 heterocycles. The molecule has 0 bridgehead atoms. The fourth-order valence-electron chi connectivity index (χ4n) is 4.13. The van der Waals surface area contributed by atoms with Gasteiger partial charge in [-0.25, -0.2) is 0 Å². The summed E-state index contributed by atoms with van der Waals surface area (Å²) >= 11 is 0. The van der Waals surface area contributed by atoms with Crippen molar-refractivity contribution in [3.05, 3.63) is 53.7 Å². The second-order valence-electron chi connectivity index (χ2n) is 7.41. The quantitative estimate of drug-likeness (QED) is 0.916. The highest BCUT2D eigenvalue weighted by Crippen LogP contribution is 2.37. The van der Waals surface area contributed by atoms with Crippen LogP contribution in [-0.2, 0) is 0 Å². The number of nitrogens with one attached hydrogen (secondary N) is 1. The number of benzene rings is 1. The summed E-state index contributed by atoms with van der Waals surface area (Å²) in [6.45, 7) is 5.89. The molecular weight excluding hydrogens is 310 g/mol. The Kier molecular flexibility index (Phi) is 4.30. The van der Waals surface area contributed by atoms with E-state index in [1.54, 1.807) is 0 Å². The van der Waals surface area contributed by atoms with E-state index in [0.29, 0.717) is 5.41 Å². The molecule has 1 spiro atoms. The van der Waals surface area contributed by atoms with Gasteiger partial charge in [0.2, 0.25) is 0 Å². The van der Waals surface area contributed by atoms with Crippen molar-refractivity contribution < 1.29 is 4.79 Å². The molecule has 25 heavy (non-hydrogen) atoms. The summed E-state index contributed by atoms with van der Waals surface area (Å²) in [4.78, 5) is 19.6. The molecule has 0 saturated carbocycles. The first-order valence-electron chi connectivity index (χ1n) is 9.20. The minimum absolute atomic E-state index is 0.130. The van der Waals surface area contributed by atoms with Crippen molar-refractivity contribution in [1.29, 1.82) is 0 Å². The van der Waals surface area contributed by atoms with E-state index in [9.17, 15) is 4.79 Å². The summed E-state index contributed by atoms with van der Waals surface area (Å²) in [7, 11) is 0. The Morgan fingerprint density at radius 1 is 1.08 bits per heavy atom. The highest BCUT2D eigenvalue weighted by Gasteiger charge is 2.38. The SMILES string of the molecule is Cc1nc(-c2ccccc2)ccc1C(=O)N1CCC2(CCNC2)CC1. The Hall–Kier alpha value is -2.20. The number of hydrogen-bond donors (Lipinski definition) is 1. The predicted octanol–water partition coefficient (Wildman–Crippen LogP) is 3.27. The third kappa shape index (κ3) is 3.19. The second kappa shape index (κ2) is 6.60. The zero-order valence-electron chi connectivity index (χ0n) is 14.8. The lowest BCUT2D eigenvalue weighted by atomic mass is 9.78. The highest BCUT2D eigenvalue weighted by molar-refractivity contribution is 5.95. The zero-order valence-corrected chi connectivity index (χ0v) is 14.8. The van der Waals surface area contributed by atoms with Crippen molar-refractivity contribution in [2.45, 2.75) is 26.2 Å². The minimum atomic E-state index is 0.130. The Morgan fingerprint density at radius 3 is 2.48 bits per heavy atom. The van der Waals surface area contributed by atoms with Crippen molar-refractivity contribution in [3.63, 3.8) is 0 Å². The maximum atomic E-state index is 12.9. The second-order valence-corrected chi connectivity index (χ2v) is 7.41. The molecule has 0 unspecified atom stereocenters. The maximum Gasteiger partial charge on any atom is 0.255 e. The molecule has 2 fully saturated rings. The van der Waals surface area contributed by atoms with Gasteiger partial charge in [0.15, 0.2) is 0 Å². The molecule has 1 aromatic carbocycles. The van der Waals surface area contributed by atoms with Crippen molar-refractivity contribution >= 4 is 5.91 Å². The normalized spacial score (nSPS) is 19.3. The van der Waals surface area contributed by atoms with Crippen LogP contribution in [0.3, 0.4) is 0 Å². The number of hydrogen-bond acceptors (Lipinski definition) is 3. The molecule has 130 valence electrons. The van der Waals surface area contributed by atoms with Gasteiger partial charge in [-0.1, -0.05) is 30.3 Å². The Morgan fingerprint density at radius 2 is 1.84 bits per heavy atom. The number of likely N-dealkylation sites (tertiary alicyclic amines) is 1. The van der Waals surface area contributed by atoms with E-state index >= 15 is 0 Å². The van der Waals surface area contributed by atoms with Gasteiger partial charge in [-0.05, 0) is 50.3 Å². The summed E-state index contributed by atoms with van der Waals surface area (Å²) < 4.78 is 0. The van der Waals surface area contributed by atoms with Gasteiger partial charge in [0.1, 0.15) is 0 Å². The number of aryl methyl sites for hydroxylation is 1. The Balaban J connectivity index is 1.49. The Labute approximate surface area is 149 Å². The number of rotatable bonds is 2. The molecule has 0 atom stereocenters. The van der Waals surface area contributed by atoms with Crippen molar-refractivity contribution in [3.8, 4) is 11.3 Å². The smallest absolute Gasteiger partial charge is 0.255 e. The molecule has 1 aromatic heterocycles. The molecule has 1 N–H and O–H groups in total. The van der Waals surface area contributed by atoms with Crippen LogP contribution in [0.15, 0.2) is 42.5 Å².